The fourth-order valence-electron chi connectivity index (χ4n) is 2.33. The number of hydrogen-bond acceptors (Lipinski definition) is 3. The van der Waals surface area contributed by atoms with Crippen molar-refractivity contribution in [3.63, 3.8) is 0 Å². The van der Waals surface area contributed by atoms with E-state index in [2.05, 4.69) is 4.90 Å². The minimum absolute atomic E-state index is 0.0324. The van der Waals surface area contributed by atoms with Crippen molar-refractivity contribution in [1.29, 1.82) is 0 Å². The van der Waals surface area contributed by atoms with Crippen molar-refractivity contribution in [2.24, 2.45) is 5.92 Å². The molecule has 0 radical (unpaired) electrons. The van der Waals surface area contributed by atoms with Crippen LogP contribution in [0.3, 0.4) is 0 Å². The Morgan fingerprint density at radius 2 is 2.09 bits per heavy atom. The molecule has 3 nitrogen and oxygen atoms in total. The number of hydrogen-bond donors (Lipinski definition) is 2. The average Bonchev–Trinajstić information content (AvgIpc) is 2.41. The summed E-state index contributed by atoms with van der Waals surface area (Å²) in [7, 11) is 0. The SMILES string of the molecule is CC1CN2CC[C@@H](O)[C@@H]2[C@@H]1O. The highest BCUT2D eigenvalue weighted by Gasteiger charge is 2.45. The van der Waals surface area contributed by atoms with Gasteiger partial charge in [-0.25, -0.2) is 0 Å². The number of nitrogens with zero attached hydrogens (tertiary/aromatic N) is 1. The summed E-state index contributed by atoms with van der Waals surface area (Å²) < 4.78 is 0. The minimum atomic E-state index is -0.313. The molecule has 2 N–H and O–H groups in total. The van der Waals surface area contributed by atoms with E-state index in [0.29, 0.717) is 5.92 Å². The molecule has 64 valence electrons. The third-order valence-corrected chi connectivity index (χ3v) is 2.98. The molecule has 2 rings (SSSR count). The van der Waals surface area contributed by atoms with Crippen LogP contribution in [0.4, 0.5) is 0 Å². The normalized spacial score (nSPS) is 51.5. The number of aliphatic hydroxyl groups excluding tert-OH is 2. The topological polar surface area (TPSA) is 43.7 Å². The summed E-state index contributed by atoms with van der Waals surface area (Å²) in [5, 5.41) is 19.1. The summed E-state index contributed by atoms with van der Waals surface area (Å²) in [6.45, 7) is 3.94. The van der Waals surface area contributed by atoms with Gasteiger partial charge in [-0.1, -0.05) is 6.92 Å². The van der Waals surface area contributed by atoms with Gasteiger partial charge in [-0.15, -0.1) is 0 Å². The van der Waals surface area contributed by atoms with Crippen LogP contribution in [0, 0.1) is 5.92 Å². The van der Waals surface area contributed by atoms with Crippen LogP contribution in [0.5, 0.6) is 0 Å². The molecule has 2 heterocycles. The smallest absolute Gasteiger partial charge is 0.0758 e. The van der Waals surface area contributed by atoms with Crippen molar-refractivity contribution in [3.05, 3.63) is 0 Å². The highest BCUT2D eigenvalue weighted by Crippen LogP contribution is 2.31. The molecule has 0 amide bonds. The van der Waals surface area contributed by atoms with Gasteiger partial charge in [0.1, 0.15) is 0 Å². The summed E-state index contributed by atoms with van der Waals surface area (Å²) in [6, 6.07) is 0.0324. The lowest BCUT2D eigenvalue weighted by molar-refractivity contribution is 0.0452. The van der Waals surface area contributed by atoms with Crippen LogP contribution in [-0.4, -0.2) is 46.5 Å². The Balaban J connectivity index is 2.13. The zero-order valence-corrected chi connectivity index (χ0v) is 6.77. The summed E-state index contributed by atoms with van der Waals surface area (Å²) in [6.07, 6.45) is 0.219. The molecular formula is C8H15NO2. The minimum Gasteiger partial charge on any atom is -0.391 e. The molecule has 11 heavy (non-hydrogen) atoms. The maximum atomic E-state index is 9.64. The predicted octanol–water partition coefficient (Wildman–Crippen LogP) is -0.568. The van der Waals surface area contributed by atoms with Gasteiger partial charge in [-0.05, 0) is 12.3 Å². The second-order valence-electron chi connectivity index (χ2n) is 3.81. The van der Waals surface area contributed by atoms with Crippen molar-refractivity contribution >= 4 is 0 Å². The van der Waals surface area contributed by atoms with Gasteiger partial charge in [0.25, 0.3) is 0 Å². The maximum absolute atomic E-state index is 9.64. The Bertz CT molecular complexity index is 160. The van der Waals surface area contributed by atoms with Crippen LogP contribution in [-0.2, 0) is 0 Å². The van der Waals surface area contributed by atoms with E-state index in [1.807, 2.05) is 6.92 Å². The Hall–Kier alpha value is -0.120. The van der Waals surface area contributed by atoms with Crippen molar-refractivity contribution in [1.82, 2.24) is 4.90 Å². The monoisotopic (exact) mass is 157 g/mol. The molecule has 2 saturated heterocycles. The Morgan fingerprint density at radius 3 is 2.73 bits per heavy atom. The van der Waals surface area contributed by atoms with E-state index in [-0.39, 0.29) is 18.2 Å². The van der Waals surface area contributed by atoms with Crippen molar-refractivity contribution in [3.8, 4) is 0 Å². The van der Waals surface area contributed by atoms with Crippen LogP contribution < -0.4 is 0 Å². The van der Waals surface area contributed by atoms with Gasteiger partial charge in [-0.3, -0.25) is 4.90 Å². The average molecular weight is 157 g/mol. The van der Waals surface area contributed by atoms with E-state index >= 15 is 0 Å². The molecule has 0 spiro atoms. The van der Waals surface area contributed by atoms with Crippen molar-refractivity contribution < 1.29 is 10.2 Å². The number of aliphatic hydroxyl groups is 2. The fraction of sp³-hybridized carbons (Fsp3) is 1.00. The lowest BCUT2D eigenvalue weighted by atomic mass is 10.00. The van der Waals surface area contributed by atoms with E-state index in [9.17, 15) is 10.2 Å². The van der Waals surface area contributed by atoms with Gasteiger partial charge in [0.2, 0.25) is 0 Å². The molecule has 0 aromatic carbocycles. The van der Waals surface area contributed by atoms with Gasteiger partial charge in [0.05, 0.1) is 18.2 Å². The Morgan fingerprint density at radius 1 is 1.36 bits per heavy atom. The molecule has 2 aliphatic heterocycles. The van der Waals surface area contributed by atoms with Crippen LogP contribution in [0.15, 0.2) is 0 Å². The lowest BCUT2D eigenvalue weighted by Crippen LogP contribution is -2.37. The van der Waals surface area contributed by atoms with Gasteiger partial charge >= 0.3 is 0 Å². The highest BCUT2D eigenvalue weighted by molar-refractivity contribution is 4.99. The van der Waals surface area contributed by atoms with Gasteiger partial charge in [0, 0.05) is 13.1 Å². The molecule has 0 bridgehead atoms. The molecule has 3 heteroatoms. The fourth-order valence-corrected chi connectivity index (χ4v) is 2.33. The Labute approximate surface area is 66.6 Å². The van der Waals surface area contributed by atoms with Gasteiger partial charge in [0.15, 0.2) is 0 Å². The van der Waals surface area contributed by atoms with Crippen LogP contribution >= 0.6 is 0 Å². The van der Waals surface area contributed by atoms with Crippen LogP contribution in [0.25, 0.3) is 0 Å². The van der Waals surface area contributed by atoms with E-state index in [0.717, 1.165) is 19.5 Å². The first-order chi connectivity index (χ1) is 5.20. The van der Waals surface area contributed by atoms with E-state index in [1.54, 1.807) is 0 Å². The van der Waals surface area contributed by atoms with E-state index in [1.165, 1.54) is 0 Å². The van der Waals surface area contributed by atoms with Gasteiger partial charge in [-0.2, -0.15) is 0 Å². The zero-order chi connectivity index (χ0) is 8.01. The standard InChI is InChI=1S/C8H15NO2/c1-5-4-9-3-2-6(10)7(9)8(5)11/h5-8,10-11H,2-4H2,1H3/t5?,6-,7-,8-/m1/s1. The van der Waals surface area contributed by atoms with Crippen LogP contribution in [0.2, 0.25) is 0 Å². The Kier molecular flexibility index (Phi) is 1.67. The second kappa shape index (κ2) is 2.44. The molecule has 2 aliphatic rings. The molecule has 0 aromatic rings. The molecule has 1 unspecified atom stereocenters. The summed E-state index contributed by atoms with van der Waals surface area (Å²) >= 11 is 0. The summed E-state index contributed by atoms with van der Waals surface area (Å²) in [5.41, 5.74) is 0. The zero-order valence-electron chi connectivity index (χ0n) is 6.77. The van der Waals surface area contributed by atoms with E-state index in [4.69, 9.17) is 0 Å². The van der Waals surface area contributed by atoms with Crippen LogP contribution in [0.1, 0.15) is 13.3 Å². The first-order valence-corrected chi connectivity index (χ1v) is 4.30. The maximum Gasteiger partial charge on any atom is 0.0758 e. The predicted molar refractivity (Wildman–Crippen MR) is 41.2 cm³/mol. The number of rotatable bonds is 0. The summed E-state index contributed by atoms with van der Waals surface area (Å²) in [4.78, 5) is 2.19. The van der Waals surface area contributed by atoms with Gasteiger partial charge < -0.3 is 10.2 Å². The lowest BCUT2D eigenvalue weighted by Gasteiger charge is -2.19. The third-order valence-electron chi connectivity index (χ3n) is 2.98. The largest absolute Gasteiger partial charge is 0.391 e. The van der Waals surface area contributed by atoms with E-state index < -0.39 is 0 Å². The molecule has 0 aromatic heterocycles. The first-order valence-electron chi connectivity index (χ1n) is 4.30. The molecule has 2 fully saturated rings. The summed E-state index contributed by atoms with van der Waals surface area (Å²) in [5.74, 6) is 0.329. The number of fused-ring (bicyclic) bond motifs is 1. The molecule has 4 atom stereocenters. The second-order valence-corrected chi connectivity index (χ2v) is 3.81. The quantitative estimate of drug-likeness (QED) is 0.495. The third kappa shape index (κ3) is 0.991. The highest BCUT2D eigenvalue weighted by atomic mass is 16.3. The molecular weight excluding hydrogens is 142 g/mol. The first kappa shape index (κ1) is 7.53. The molecule has 0 aliphatic carbocycles. The van der Waals surface area contributed by atoms with Crippen molar-refractivity contribution in [2.75, 3.05) is 13.1 Å². The van der Waals surface area contributed by atoms with Crippen molar-refractivity contribution in [2.45, 2.75) is 31.6 Å². The molecule has 0 saturated carbocycles.